The average molecular weight is 476 g/mol. The second-order valence-electron chi connectivity index (χ2n) is 7.88. The molecule has 6 nitrogen and oxygen atoms in total. The van der Waals surface area contributed by atoms with Gasteiger partial charge in [0.25, 0.3) is 0 Å². The smallest absolute Gasteiger partial charge is 0.120 e. The summed E-state index contributed by atoms with van der Waals surface area (Å²) >= 11 is 1.70. The van der Waals surface area contributed by atoms with E-state index < -0.39 is 5.97 Å². The minimum Gasteiger partial charge on any atom is -0.543 e. The Bertz CT molecular complexity index is 1280. The van der Waals surface area contributed by atoms with Crippen LogP contribution < -0.4 is 19.9 Å². The molecule has 0 unspecified atom stereocenters. The number of benzene rings is 3. The molecule has 1 N–H and O–H groups in total. The van der Waals surface area contributed by atoms with Crippen molar-refractivity contribution in [3.63, 3.8) is 0 Å². The molecule has 0 radical (unpaired) electrons. The van der Waals surface area contributed by atoms with E-state index in [1.54, 1.807) is 30.5 Å². The van der Waals surface area contributed by atoms with E-state index in [0.717, 1.165) is 27.8 Å². The van der Waals surface area contributed by atoms with E-state index in [4.69, 9.17) is 9.47 Å². The van der Waals surface area contributed by atoms with Crippen LogP contribution in [0.1, 0.15) is 27.2 Å². The molecule has 0 bridgehead atoms. The van der Waals surface area contributed by atoms with Crippen molar-refractivity contribution in [2.24, 2.45) is 0 Å². The van der Waals surface area contributed by atoms with Crippen LogP contribution >= 0.6 is 11.8 Å². The fourth-order valence-corrected chi connectivity index (χ4v) is 4.50. The molecule has 0 saturated carbocycles. The highest BCUT2D eigenvalue weighted by atomic mass is 32.2. The molecule has 1 aromatic heterocycles. The van der Waals surface area contributed by atoms with E-state index in [2.05, 4.69) is 29.6 Å². The number of nitrogens with zero attached hydrogens (tertiary/aromatic N) is 1. The van der Waals surface area contributed by atoms with E-state index >= 15 is 0 Å². The van der Waals surface area contributed by atoms with Gasteiger partial charge in [-0.25, -0.2) is 0 Å². The third-order valence-electron chi connectivity index (χ3n) is 5.86. The van der Waals surface area contributed by atoms with Crippen LogP contribution in [0.3, 0.4) is 0 Å². The third-order valence-corrected chi connectivity index (χ3v) is 6.60. The number of fused-ring (bicyclic) bond motifs is 1. The summed E-state index contributed by atoms with van der Waals surface area (Å²) in [6.07, 6.45) is 2.05. The van der Waals surface area contributed by atoms with Crippen LogP contribution in [0.15, 0.2) is 71.6 Å². The molecule has 4 rings (SSSR count). The van der Waals surface area contributed by atoms with Crippen molar-refractivity contribution in [1.29, 1.82) is 0 Å². The molecule has 0 spiro atoms. The first kappa shape index (κ1) is 23.7. The third kappa shape index (κ3) is 5.05. The van der Waals surface area contributed by atoms with E-state index in [-0.39, 0.29) is 5.69 Å². The van der Waals surface area contributed by atoms with Crippen LogP contribution in [0.5, 0.6) is 11.5 Å². The first-order valence-electron chi connectivity index (χ1n) is 10.9. The van der Waals surface area contributed by atoms with Crippen molar-refractivity contribution >= 4 is 28.6 Å². The van der Waals surface area contributed by atoms with Crippen LogP contribution in [-0.2, 0) is 19.6 Å². The quantitative estimate of drug-likeness (QED) is 0.348. The Kier molecular flexibility index (Phi) is 7.45. The number of rotatable bonds is 10. The van der Waals surface area contributed by atoms with Gasteiger partial charge in [0.2, 0.25) is 0 Å². The van der Waals surface area contributed by atoms with Crippen molar-refractivity contribution in [2.75, 3.05) is 20.5 Å². The zero-order chi connectivity index (χ0) is 24.1. The van der Waals surface area contributed by atoms with Gasteiger partial charge in [-0.05, 0) is 53.8 Å². The predicted octanol–water partition coefficient (Wildman–Crippen LogP) is 4.08. The molecular formula is C27H27N2O4S-. The molecule has 0 atom stereocenters. The van der Waals surface area contributed by atoms with E-state index in [1.165, 1.54) is 4.90 Å². The number of hydrogen-bond acceptors (Lipinski definition) is 6. The summed E-state index contributed by atoms with van der Waals surface area (Å²) in [5, 5.41) is 16.6. The molecule has 4 aromatic rings. The van der Waals surface area contributed by atoms with Gasteiger partial charge in [-0.3, -0.25) is 0 Å². The van der Waals surface area contributed by atoms with Crippen molar-refractivity contribution in [3.05, 3.63) is 89.1 Å². The normalized spacial score (nSPS) is 11.0. The number of hydrogen-bond donors (Lipinski definition) is 1. The highest BCUT2D eigenvalue weighted by Gasteiger charge is 2.19. The fourth-order valence-electron chi connectivity index (χ4n) is 4.09. The molecule has 0 fully saturated rings. The Morgan fingerprint density at radius 2 is 1.56 bits per heavy atom. The summed E-state index contributed by atoms with van der Waals surface area (Å²) in [5.41, 5.74) is 3.75. The number of thioether (sulfide) groups is 1. The zero-order valence-corrected chi connectivity index (χ0v) is 20.3. The minimum atomic E-state index is -1.20. The Labute approximate surface area is 203 Å². The standard InChI is InChI=1S/C27H28N2O4S/c1-32-20-8-4-19(5-9-20)17-29-25-14-21(33-2)10-13-23(25)24(26(29)27(30)31)16-28-15-18-6-11-22(34-3)12-7-18/h4-14,28H,15-17H2,1-3H3,(H,30,31)/p-1. The van der Waals surface area contributed by atoms with E-state index in [1.807, 2.05) is 48.7 Å². The lowest BCUT2D eigenvalue weighted by molar-refractivity contribution is -0.255. The molecule has 3 aromatic carbocycles. The van der Waals surface area contributed by atoms with Crippen LogP contribution in [0, 0.1) is 0 Å². The first-order chi connectivity index (χ1) is 16.5. The number of carboxylic acids is 1. The number of carbonyl (C=O) groups excluding carboxylic acids is 1. The lowest BCUT2D eigenvalue weighted by Crippen LogP contribution is -2.28. The highest BCUT2D eigenvalue weighted by Crippen LogP contribution is 2.31. The van der Waals surface area contributed by atoms with Gasteiger partial charge in [0.05, 0.1) is 31.4 Å². The molecule has 0 amide bonds. The number of nitrogens with one attached hydrogen (secondary N) is 1. The maximum Gasteiger partial charge on any atom is 0.120 e. The Morgan fingerprint density at radius 1 is 0.912 bits per heavy atom. The topological polar surface area (TPSA) is 75.5 Å². The summed E-state index contributed by atoms with van der Waals surface area (Å²) in [6.45, 7) is 1.40. The monoisotopic (exact) mass is 475 g/mol. The summed E-state index contributed by atoms with van der Waals surface area (Å²) in [6, 6.07) is 21.6. The maximum absolute atomic E-state index is 12.3. The van der Waals surface area contributed by atoms with Crippen molar-refractivity contribution in [3.8, 4) is 11.5 Å². The Morgan fingerprint density at radius 3 is 2.18 bits per heavy atom. The van der Waals surface area contributed by atoms with Crippen molar-refractivity contribution < 1.29 is 19.4 Å². The fraction of sp³-hybridized carbons (Fsp3) is 0.222. The zero-order valence-electron chi connectivity index (χ0n) is 19.5. The van der Waals surface area contributed by atoms with Gasteiger partial charge in [0.15, 0.2) is 0 Å². The number of carbonyl (C=O) groups is 1. The molecule has 34 heavy (non-hydrogen) atoms. The lowest BCUT2D eigenvalue weighted by Gasteiger charge is -2.14. The van der Waals surface area contributed by atoms with Gasteiger partial charge in [0.1, 0.15) is 11.5 Å². The maximum atomic E-state index is 12.3. The molecule has 0 aliphatic carbocycles. The minimum absolute atomic E-state index is 0.171. The van der Waals surface area contributed by atoms with Gasteiger partial charge in [-0.15, -0.1) is 11.8 Å². The van der Waals surface area contributed by atoms with Gasteiger partial charge in [-0.2, -0.15) is 0 Å². The number of methoxy groups -OCH3 is 2. The molecular weight excluding hydrogens is 448 g/mol. The van der Waals surface area contributed by atoms with Crippen molar-refractivity contribution in [2.45, 2.75) is 24.5 Å². The molecule has 176 valence electrons. The number of aromatic nitrogens is 1. The van der Waals surface area contributed by atoms with Gasteiger partial charge < -0.3 is 29.3 Å². The molecule has 0 saturated heterocycles. The number of ether oxygens (including phenoxy) is 2. The average Bonchev–Trinajstić information content (AvgIpc) is 3.17. The summed E-state index contributed by atoms with van der Waals surface area (Å²) < 4.78 is 12.4. The van der Waals surface area contributed by atoms with Crippen LogP contribution in [0.4, 0.5) is 0 Å². The summed E-state index contributed by atoms with van der Waals surface area (Å²) in [5.74, 6) is 0.211. The number of aromatic carboxylic acids is 1. The molecule has 0 aliphatic rings. The molecule has 1 heterocycles. The Balaban J connectivity index is 1.69. The van der Waals surface area contributed by atoms with E-state index in [0.29, 0.717) is 30.9 Å². The SMILES string of the molecule is COc1ccc(Cn2c(C(=O)[O-])c(CNCc3ccc(SC)cc3)c3ccc(OC)cc32)cc1. The molecule has 7 heteroatoms. The first-order valence-corrected chi connectivity index (χ1v) is 12.1. The van der Waals surface area contributed by atoms with Crippen molar-refractivity contribution in [1.82, 2.24) is 9.88 Å². The summed E-state index contributed by atoms with van der Waals surface area (Å²) in [4.78, 5) is 13.6. The molecule has 0 aliphatic heterocycles. The van der Waals surface area contributed by atoms with Gasteiger partial charge in [0, 0.05) is 41.5 Å². The van der Waals surface area contributed by atoms with Crippen LogP contribution in [0.25, 0.3) is 10.9 Å². The van der Waals surface area contributed by atoms with Gasteiger partial charge in [-0.1, -0.05) is 24.3 Å². The Hall–Kier alpha value is -3.42. The van der Waals surface area contributed by atoms with E-state index in [9.17, 15) is 9.90 Å². The second-order valence-corrected chi connectivity index (χ2v) is 8.76. The second kappa shape index (κ2) is 10.7. The van der Waals surface area contributed by atoms with Gasteiger partial charge >= 0.3 is 0 Å². The predicted molar refractivity (Wildman–Crippen MR) is 134 cm³/mol. The lowest BCUT2D eigenvalue weighted by atomic mass is 10.1. The van der Waals surface area contributed by atoms with Crippen LogP contribution in [0.2, 0.25) is 0 Å². The largest absolute Gasteiger partial charge is 0.543 e. The highest BCUT2D eigenvalue weighted by molar-refractivity contribution is 7.98. The number of carboxylic acid groups (broad SMARTS) is 1. The summed E-state index contributed by atoms with van der Waals surface area (Å²) in [7, 11) is 3.22. The van der Waals surface area contributed by atoms with Crippen LogP contribution in [-0.4, -0.2) is 31.0 Å².